The van der Waals surface area contributed by atoms with Crippen molar-refractivity contribution in [3.05, 3.63) is 84.2 Å². The van der Waals surface area contributed by atoms with Crippen LogP contribution in [-0.4, -0.2) is 10.2 Å². The topological polar surface area (TPSA) is 34.1 Å². The first-order valence-electron chi connectivity index (χ1n) is 7.68. The van der Waals surface area contributed by atoms with E-state index in [1.807, 2.05) is 24.3 Å². The van der Waals surface area contributed by atoms with Gasteiger partial charge in [-0.1, -0.05) is 43.5 Å². The summed E-state index contributed by atoms with van der Waals surface area (Å²) < 4.78 is 14.2. The van der Waals surface area contributed by atoms with Crippen molar-refractivity contribution in [2.75, 3.05) is 0 Å². The Kier molecular flexibility index (Phi) is 7.18. The van der Waals surface area contributed by atoms with E-state index in [0.29, 0.717) is 16.0 Å². The SMILES string of the molecule is C=CC(=O)Sc1ccc(/C=C/c2ccc(SC(=O)C(=C)C)cc2F)cc1. The highest BCUT2D eigenvalue weighted by atomic mass is 32.2. The smallest absolute Gasteiger partial charge is 0.219 e. The van der Waals surface area contributed by atoms with Crippen molar-refractivity contribution < 1.29 is 14.0 Å². The van der Waals surface area contributed by atoms with Gasteiger partial charge in [0.25, 0.3) is 0 Å². The maximum absolute atomic E-state index is 14.2. The van der Waals surface area contributed by atoms with Gasteiger partial charge in [0.05, 0.1) is 0 Å². The van der Waals surface area contributed by atoms with Gasteiger partial charge in [-0.25, -0.2) is 4.39 Å². The van der Waals surface area contributed by atoms with Crippen LogP contribution in [-0.2, 0) is 9.59 Å². The molecule has 2 aromatic rings. The monoisotopic (exact) mass is 384 g/mol. The highest BCUT2D eigenvalue weighted by Crippen LogP contribution is 2.25. The summed E-state index contributed by atoms with van der Waals surface area (Å²) in [5.41, 5.74) is 1.74. The Bertz CT molecular complexity index is 883. The van der Waals surface area contributed by atoms with Crippen LogP contribution < -0.4 is 0 Å². The van der Waals surface area contributed by atoms with Crippen LogP contribution in [0.25, 0.3) is 12.2 Å². The number of hydrogen-bond acceptors (Lipinski definition) is 4. The summed E-state index contributed by atoms with van der Waals surface area (Å²) in [5.74, 6) is -0.399. The van der Waals surface area contributed by atoms with Crippen molar-refractivity contribution in [1.82, 2.24) is 0 Å². The average molecular weight is 384 g/mol. The van der Waals surface area contributed by atoms with E-state index in [1.165, 1.54) is 12.1 Å². The zero-order valence-corrected chi connectivity index (χ0v) is 15.8. The molecule has 0 heterocycles. The van der Waals surface area contributed by atoms with Gasteiger partial charge in [-0.2, -0.15) is 0 Å². The zero-order valence-electron chi connectivity index (χ0n) is 14.2. The molecule has 0 aliphatic carbocycles. The van der Waals surface area contributed by atoms with E-state index in [2.05, 4.69) is 13.2 Å². The first kappa shape index (κ1) is 19.9. The molecule has 0 radical (unpaired) electrons. The standard InChI is InChI=1S/C21H17FO2S2/c1-4-20(23)25-17-10-6-15(7-11-17)5-8-16-9-12-18(13-19(16)22)26-21(24)14(2)3/h4-13H,1-2H2,3H3/b8-5+. The third-order valence-electron chi connectivity index (χ3n) is 3.25. The van der Waals surface area contributed by atoms with Crippen LogP contribution in [0.2, 0.25) is 0 Å². The van der Waals surface area contributed by atoms with Crippen LogP contribution >= 0.6 is 23.5 Å². The largest absolute Gasteiger partial charge is 0.282 e. The molecular formula is C21H17FO2S2. The molecule has 0 amide bonds. The Morgan fingerprint density at radius 2 is 1.65 bits per heavy atom. The van der Waals surface area contributed by atoms with Crippen molar-refractivity contribution in [3.63, 3.8) is 0 Å². The van der Waals surface area contributed by atoms with E-state index in [9.17, 15) is 14.0 Å². The molecule has 0 atom stereocenters. The highest BCUT2D eigenvalue weighted by molar-refractivity contribution is 8.14. The number of rotatable bonds is 6. The fourth-order valence-electron chi connectivity index (χ4n) is 1.89. The van der Waals surface area contributed by atoms with Crippen LogP contribution in [0.4, 0.5) is 4.39 Å². The number of carbonyl (C=O) groups is 2. The van der Waals surface area contributed by atoms with Gasteiger partial charge >= 0.3 is 0 Å². The number of benzene rings is 2. The summed E-state index contributed by atoms with van der Waals surface area (Å²) in [6, 6.07) is 12.0. The molecule has 0 aromatic heterocycles. The van der Waals surface area contributed by atoms with E-state index in [0.717, 1.165) is 34.0 Å². The highest BCUT2D eigenvalue weighted by Gasteiger charge is 2.08. The maximum atomic E-state index is 14.2. The van der Waals surface area contributed by atoms with Gasteiger partial charge in [0.15, 0.2) is 0 Å². The maximum Gasteiger partial charge on any atom is 0.219 e. The van der Waals surface area contributed by atoms with Crippen molar-refractivity contribution in [1.29, 1.82) is 0 Å². The number of thioether (sulfide) groups is 2. The Labute approximate surface area is 160 Å². The molecule has 132 valence electrons. The fourth-order valence-corrected chi connectivity index (χ4v) is 3.17. The third kappa shape index (κ3) is 5.86. The van der Waals surface area contributed by atoms with Gasteiger partial charge in [-0.3, -0.25) is 9.59 Å². The van der Waals surface area contributed by atoms with Gasteiger partial charge in [0.2, 0.25) is 10.2 Å². The normalized spacial score (nSPS) is 10.7. The average Bonchev–Trinajstić information content (AvgIpc) is 2.62. The van der Waals surface area contributed by atoms with Gasteiger partial charge < -0.3 is 0 Å². The van der Waals surface area contributed by atoms with Crippen LogP contribution in [0.15, 0.2) is 77.1 Å². The molecule has 0 fully saturated rings. The summed E-state index contributed by atoms with van der Waals surface area (Å²) in [7, 11) is 0. The number of halogens is 1. The zero-order chi connectivity index (χ0) is 19.1. The molecule has 0 saturated heterocycles. The molecule has 2 nitrogen and oxygen atoms in total. The quantitative estimate of drug-likeness (QED) is 0.348. The number of carbonyl (C=O) groups excluding carboxylic acids is 2. The van der Waals surface area contributed by atoms with E-state index in [4.69, 9.17) is 0 Å². The summed E-state index contributed by atoms with van der Waals surface area (Å²) >= 11 is 2.06. The minimum absolute atomic E-state index is 0.113. The second kappa shape index (κ2) is 9.36. The minimum atomic E-state index is -0.399. The van der Waals surface area contributed by atoms with Crippen LogP contribution in [0, 0.1) is 5.82 Å². The Morgan fingerprint density at radius 1 is 1.00 bits per heavy atom. The molecule has 26 heavy (non-hydrogen) atoms. The predicted molar refractivity (Wildman–Crippen MR) is 109 cm³/mol. The predicted octanol–water partition coefficient (Wildman–Crippen LogP) is 6.00. The lowest BCUT2D eigenvalue weighted by atomic mass is 10.1. The molecule has 2 aromatic carbocycles. The molecule has 0 saturated carbocycles. The first-order valence-corrected chi connectivity index (χ1v) is 9.32. The molecule has 0 unspecified atom stereocenters. The van der Waals surface area contributed by atoms with Crippen molar-refractivity contribution in [2.45, 2.75) is 16.7 Å². The lowest BCUT2D eigenvalue weighted by Crippen LogP contribution is -1.92. The molecule has 0 spiro atoms. The lowest BCUT2D eigenvalue weighted by molar-refractivity contribution is -0.108. The molecular weight excluding hydrogens is 367 g/mol. The van der Waals surface area contributed by atoms with Crippen molar-refractivity contribution in [3.8, 4) is 0 Å². The Balaban J connectivity index is 2.08. The lowest BCUT2D eigenvalue weighted by Gasteiger charge is -2.03. The molecule has 5 heteroatoms. The molecule has 0 aliphatic heterocycles. The van der Waals surface area contributed by atoms with E-state index in [1.54, 1.807) is 31.2 Å². The third-order valence-corrected chi connectivity index (χ3v) is 5.15. The van der Waals surface area contributed by atoms with Gasteiger partial charge in [0.1, 0.15) is 5.82 Å². The Hall–Kier alpha value is -2.37. The Morgan fingerprint density at radius 3 is 2.23 bits per heavy atom. The summed E-state index contributed by atoms with van der Waals surface area (Å²) in [6.45, 7) is 8.64. The number of hydrogen-bond donors (Lipinski definition) is 0. The van der Waals surface area contributed by atoms with Crippen LogP contribution in [0.1, 0.15) is 18.1 Å². The summed E-state index contributed by atoms with van der Waals surface area (Å²) in [4.78, 5) is 24.3. The van der Waals surface area contributed by atoms with E-state index >= 15 is 0 Å². The molecule has 2 rings (SSSR count). The van der Waals surface area contributed by atoms with E-state index in [-0.39, 0.29) is 10.2 Å². The second-order valence-electron chi connectivity index (χ2n) is 5.38. The first-order chi connectivity index (χ1) is 12.4. The van der Waals surface area contributed by atoms with Gasteiger partial charge in [0, 0.05) is 15.4 Å². The second-order valence-corrected chi connectivity index (χ2v) is 7.50. The van der Waals surface area contributed by atoms with Crippen molar-refractivity contribution in [2.24, 2.45) is 0 Å². The molecule has 0 N–H and O–H groups in total. The summed E-state index contributed by atoms with van der Waals surface area (Å²) in [5, 5.41) is -0.293. The van der Waals surface area contributed by atoms with Crippen molar-refractivity contribution >= 4 is 45.9 Å². The minimum Gasteiger partial charge on any atom is -0.282 e. The van der Waals surface area contributed by atoms with E-state index < -0.39 is 5.82 Å². The van der Waals surface area contributed by atoms with Crippen LogP contribution in [0.3, 0.4) is 0 Å². The van der Waals surface area contributed by atoms with Crippen LogP contribution in [0.5, 0.6) is 0 Å². The fraction of sp³-hybridized carbons (Fsp3) is 0.0476. The summed E-state index contributed by atoms with van der Waals surface area (Å²) in [6.07, 6.45) is 4.72. The molecule has 0 bridgehead atoms. The van der Waals surface area contributed by atoms with Gasteiger partial charge in [-0.15, -0.1) is 0 Å². The van der Waals surface area contributed by atoms with Gasteiger partial charge in [-0.05, 0) is 71.9 Å². The molecule has 0 aliphatic rings.